The van der Waals surface area contributed by atoms with E-state index < -0.39 is 0 Å². The first-order valence-corrected chi connectivity index (χ1v) is 3.28. The van der Waals surface area contributed by atoms with Gasteiger partial charge in [0.2, 0.25) is 0 Å². The van der Waals surface area contributed by atoms with Crippen molar-refractivity contribution in [2.24, 2.45) is 0 Å². The van der Waals surface area contributed by atoms with E-state index in [0.717, 1.165) is 18.9 Å². The number of aromatic amines is 1. The van der Waals surface area contributed by atoms with Crippen LogP contribution < -0.4 is 5.32 Å². The summed E-state index contributed by atoms with van der Waals surface area (Å²) in [5.41, 5.74) is 1.04. The van der Waals surface area contributed by atoms with Crippen LogP contribution in [0.1, 0.15) is 0 Å². The second kappa shape index (κ2) is 2.30. The molecule has 0 aliphatic carbocycles. The number of ether oxygens (including phenoxy) is 1. The molecule has 2 rings (SSSR count). The molecule has 1 aliphatic rings. The van der Waals surface area contributed by atoms with Crippen LogP contribution in [0, 0.1) is 0 Å². The van der Waals surface area contributed by atoms with Crippen molar-refractivity contribution in [1.29, 1.82) is 0 Å². The number of rotatable bonds is 2. The third-order valence-corrected chi connectivity index (χ3v) is 1.51. The average molecular weight is 139 g/mol. The molecule has 54 valence electrons. The second-order valence-corrected chi connectivity index (χ2v) is 2.37. The average Bonchev–Trinajstić information content (AvgIpc) is 2.29. The van der Waals surface area contributed by atoms with Gasteiger partial charge in [-0.3, -0.25) is 5.10 Å². The summed E-state index contributed by atoms with van der Waals surface area (Å²) < 4.78 is 4.99. The quantitative estimate of drug-likeness (QED) is 0.616. The van der Waals surface area contributed by atoms with Crippen molar-refractivity contribution in [1.82, 2.24) is 10.2 Å². The summed E-state index contributed by atoms with van der Waals surface area (Å²) in [6, 6.07) is 0.484. The van der Waals surface area contributed by atoms with E-state index in [1.54, 1.807) is 6.20 Å². The molecule has 0 bridgehead atoms. The molecule has 1 aromatic rings. The van der Waals surface area contributed by atoms with E-state index >= 15 is 0 Å². The molecule has 1 saturated heterocycles. The molecule has 0 aromatic carbocycles. The zero-order chi connectivity index (χ0) is 6.81. The molecule has 0 amide bonds. The molecule has 4 heteroatoms. The molecular formula is C6H9N3O. The second-order valence-electron chi connectivity index (χ2n) is 2.37. The minimum Gasteiger partial charge on any atom is -0.377 e. The Morgan fingerprint density at radius 1 is 1.70 bits per heavy atom. The van der Waals surface area contributed by atoms with Crippen molar-refractivity contribution in [2.75, 3.05) is 18.5 Å². The normalized spacial score (nSPS) is 18.4. The molecule has 10 heavy (non-hydrogen) atoms. The van der Waals surface area contributed by atoms with Crippen molar-refractivity contribution in [3.63, 3.8) is 0 Å². The molecule has 1 aromatic heterocycles. The Morgan fingerprint density at radius 3 is 3.10 bits per heavy atom. The summed E-state index contributed by atoms with van der Waals surface area (Å²) in [6.07, 6.45) is 3.59. The molecule has 0 unspecified atom stereocenters. The number of aromatic nitrogens is 2. The summed E-state index contributed by atoms with van der Waals surface area (Å²) >= 11 is 0. The Hall–Kier alpha value is -1.03. The van der Waals surface area contributed by atoms with Crippen molar-refractivity contribution in [3.05, 3.63) is 12.4 Å². The zero-order valence-electron chi connectivity index (χ0n) is 5.50. The predicted molar refractivity (Wildman–Crippen MR) is 36.8 cm³/mol. The largest absolute Gasteiger partial charge is 0.377 e. The van der Waals surface area contributed by atoms with Gasteiger partial charge < -0.3 is 10.1 Å². The number of hydrogen-bond donors (Lipinski definition) is 2. The number of hydrogen-bond acceptors (Lipinski definition) is 3. The summed E-state index contributed by atoms with van der Waals surface area (Å²) in [5, 5.41) is 9.77. The van der Waals surface area contributed by atoms with Gasteiger partial charge in [-0.25, -0.2) is 0 Å². The van der Waals surface area contributed by atoms with Gasteiger partial charge in [-0.05, 0) is 0 Å². The molecule has 2 N–H and O–H groups in total. The smallest absolute Gasteiger partial charge is 0.0729 e. The maximum absolute atomic E-state index is 4.99. The highest BCUT2D eigenvalue weighted by atomic mass is 16.5. The van der Waals surface area contributed by atoms with Gasteiger partial charge >= 0.3 is 0 Å². The fourth-order valence-electron chi connectivity index (χ4n) is 0.885. The summed E-state index contributed by atoms with van der Waals surface area (Å²) in [6.45, 7) is 1.62. The van der Waals surface area contributed by atoms with Crippen LogP contribution in [0.2, 0.25) is 0 Å². The van der Waals surface area contributed by atoms with Gasteiger partial charge in [-0.2, -0.15) is 5.10 Å². The van der Waals surface area contributed by atoms with Gasteiger partial charge in [0.05, 0.1) is 31.1 Å². The fourth-order valence-corrected chi connectivity index (χ4v) is 0.885. The molecular weight excluding hydrogens is 130 g/mol. The van der Waals surface area contributed by atoms with E-state index in [4.69, 9.17) is 4.74 Å². The Balaban J connectivity index is 1.90. The third kappa shape index (κ3) is 0.974. The van der Waals surface area contributed by atoms with Crippen LogP contribution in [0.25, 0.3) is 0 Å². The topological polar surface area (TPSA) is 49.9 Å². The molecule has 4 nitrogen and oxygen atoms in total. The van der Waals surface area contributed by atoms with Gasteiger partial charge in [-0.1, -0.05) is 0 Å². The van der Waals surface area contributed by atoms with Crippen LogP contribution in [-0.2, 0) is 4.74 Å². The van der Waals surface area contributed by atoms with E-state index in [-0.39, 0.29) is 0 Å². The Morgan fingerprint density at radius 2 is 2.60 bits per heavy atom. The van der Waals surface area contributed by atoms with E-state index in [0.29, 0.717) is 6.04 Å². The molecule has 1 aliphatic heterocycles. The minimum atomic E-state index is 0.484. The van der Waals surface area contributed by atoms with Crippen LogP contribution in [0.5, 0.6) is 0 Å². The van der Waals surface area contributed by atoms with Crippen LogP contribution in [0.4, 0.5) is 5.69 Å². The van der Waals surface area contributed by atoms with Crippen molar-refractivity contribution < 1.29 is 4.74 Å². The van der Waals surface area contributed by atoms with Gasteiger partial charge in [0.15, 0.2) is 0 Å². The highest BCUT2D eigenvalue weighted by Gasteiger charge is 2.17. The lowest BCUT2D eigenvalue weighted by molar-refractivity contribution is 0.0211. The van der Waals surface area contributed by atoms with Crippen molar-refractivity contribution >= 4 is 5.69 Å². The maximum Gasteiger partial charge on any atom is 0.0729 e. The van der Waals surface area contributed by atoms with E-state index in [1.165, 1.54) is 0 Å². The first-order valence-electron chi connectivity index (χ1n) is 3.28. The number of nitrogens with one attached hydrogen (secondary N) is 2. The summed E-state index contributed by atoms with van der Waals surface area (Å²) in [5.74, 6) is 0. The highest BCUT2D eigenvalue weighted by molar-refractivity contribution is 5.39. The van der Waals surface area contributed by atoms with Crippen LogP contribution in [0.15, 0.2) is 12.4 Å². The van der Waals surface area contributed by atoms with Gasteiger partial charge in [0.25, 0.3) is 0 Å². The molecule has 0 atom stereocenters. The Labute approximate surface area is 58.6 Å². The molecule has 1 fully saturated rings. The fraction of sp³-hybridized carbons (Fsp3) is 0.500. The monoisotopic (exact) mass is 139 g/mol. The van der Waals surface area contributed by atoms with Crippen LogP contribution >= 0.6 is 0 Å². The third-order valence-electron chi connectivity index (χ3n) is 1.51. The Kier molecular flexibility index (Phi) is 1.32. The van der Waals surface area contributed by atoms with Crippen LogP contribution in [0.3, 0.4) is 0 Å². The van der Waals surface area contributed by atoms with Crippen molar-refractivity contribution in [3.8, 4) is 0 Å². The SMILES string of the molecule is c1n[nH]cc1NC1COC1. The number of H-pyrrole nitrogens is 1. The first-order chi connectivity index (χ1) is 4.95. The van der Waals surface area contributed by atoms with E-state index in [2.05, 4.69) is 15.5 Å². The lowest BCUT2D eigenvalue weighted by Gasteiger charge is -2.26. The minimum absolute atomic E-state index is 0.484. The zero-order valence-corrected chi connectivity index (χ0v) is 5.50. The lowest BCUT2D eigenvalue weighted by atomic mass is 10.2. The maximum atomic E-state index is 4.99. The van der Waals surface area contributed by atoms with E-state index in [9.17, 15) is 0 Å². The summed E-state index contributed by atoms with van der Waals surface area (Å²) in [7, 11) is 0. The van der Waals surface area contributed by atoms with E-state index in [1.807, 2.05) is 6.20 Å². The molecule has 0 spiro atoms. The number of anilines is 1. The van der Waals surface area contributed by atoms with Gasteiger partial charge in [-0.15, -0.1) is 0 Å². The number of nitrogens with zero attached hydrogens (tertiary/aromatic N) is 1. The highest BCUT2D eigenvalue weighted by Crippen LogP contribution is 2.09. The first kappa shape index (κ1) is 5.73. The summed E-state index contributed by atoms with van der Waals surface area (Å²) in [4.78, 5) is 0. The molecule has 0 saturated carbocycles. The van der Waals surface area contributed by atoms with Crippen LogP contribution in [-0.4, -0.2) is 29.5 Å². The molecule has 2 heterocycles. The Bertz CT molecular complexity index is 193. The lowest BCUT2D eigenvalue weighted by Crippen LogP contribution is -2.40. The van der Waals surface area contributed by atoms with Gasteiger partial charge in [0.1, 0.15) is 0 Å². The standard InChI is InChI=1S/C6H9N3O/c1-5(2-8-7-1)9-6-3-10-4-6/h1-2,6,9H,3-4H2,(H,7,8). The predicted octanol–water partition coefficient (Wildman–Crippen LogP) is 0.220. The van der Waals surface area contributed by atoms with Crippen molar-refractivity contribution in [2.45, 2.75) is 6.04 Å². The van der Waals surface area contributed by atoms with Gasteiger partial charge in [0, 0.05) is 6.20 Å². The molecule has 0 radical (unpaired) electrons.